The quantitative estimate of drug-likeness (QED) is 0.166. The van der Waals surface area contributed by atoms with Gasteiger partial charge in [0.25, 0.3) is 0 Å². The summed E-state index contributed by atoms with van der Waals surface area (Å²) in [7, 11) is 0. The summed E-state index contributed by atoms with van der Waals surface area (Å²) in [5, 5.41) is 10.5. The maximum absolute atomic E-state index is 2.69. The van der Waals surface area contributed by atoms with Gasteiger partial charge in [0, 0.05) is 54.2 Å². The van der Waals surface area contributed by atoms with Crippen LogP contribution < -0.4 is 0 Å². The third-order valence-electron chi connectivity index (χ3n) is 18.1. The number of hydrogen-bond acceptors (Lipinski definition) is 0. The van der Waals surface area contributed by atoms with Gasteiger partial charge in [-0.25, -0.2) is 0 Å². The molecule has 9 aromatic carbocycles. The Labute approximate surface area is 475 Å². The van der Waals surface area contributed by atoms with Crippen molar-refractivity contribution in [2.24, 2.45) is 0 Å². The van der Waals surface area contributed by atoms with Crippen molar-refractivity contribution in [1.29, 1.82) is 0 Å². The average Bonchev–Trinajstić information content (AvgIpc) is 3.00. The molecule has 0 amide bonds. The molecule has 2 nitrogen and oxygen atoms in total. The third kappa shape index (κ3) is 8.01. The third-order valence-corrected chi connectivity index (χ3v) is 18.1. The van der Waals surface area contributed by atoms with Crippen LogP contribution in [0.2, 0.25) is 0 Å². The summed E-state index contributed by atoms with van der Waals surface area (Å²) in [4.78, 5) is 0. The molecule has 0 fully saturated rings. The Bertz CT molecular complexity index is 4270. The molecule has 0 N–H and O–H groups in total. The molecule has 0 saturated heterocycles. The fourth-order valence-corrected chi connectivity index (χ4v) is 13.2. The van der Waals surface area contributed by atoms with Crippen LogP contribution in [0.15, 0.2) is 158 Å². The average molecular weight is 1050 g/mol. The Morgan fingerprint density at radius 3 is 0.812 bits per heavy atom. The summed E-state index contributed by atoms with van der Waals surface area (Å²) in [5.41, 5.74) is 25.7. The number of para-hydroxylation sites is 2. The number of rotatable bonds is 4. The van der Waals surface area contributed by atoms with E-state index in [9.17, 15) is 0 Å². The molecule has 0 spiro atoms. The van der Waals surface area contributed by atoms with Crippen molar-refractivity contribution in [2.45, 2.75) is 157 Å². The number of aromatic nitrogens is 2. The number of hydrogen-bond donors (Lipinski definition) is 0. The van der Waals surface area contributed by atoms with Gasteiger partial charge >= 0.3 is 0 Å². The highest BCUT2D eigenvalue weighted by Gasteiger charge is 2.32. The SMILES string of the molecule is CC(C)(C)c1ccc(-c2ccc3c(c2)c2c4c5cccc(-c6cc(C(C)(C)C)cc(C(C)(C)C)c6)c5n5c6ccc(-c7ccc(C(C)(C)C)cc7)cc6c(c6c7cccc(-c8cc(C(C)(C)C)cc(C(C)(C)C)c8)c7n3c26)c45)cc1. The molecule has 0 radical (unpaired) electrons. The summed E-state index contributed by atoms with van der Waals surface area (Å²) >= 11 is 0. The zero-order chi connectivity index (χ0) is 56.7. The monoisotopic (exact) mass is 1040 g/mol. The van der Waals surface area contributed by atoms with E-state index >= 15 is 0 Å². The van der Waals surface area contributed by atoms with Crippen molar-refractivity contribution in [1.82, 2.24) is 8.80 Å². The minimum Gasteiger partial charge on any atom is -0.307 e. The predicted octanol–water partition coefficient (Wildman–Crippen LogP) is 22.4. The molecule has 0 atom stereocenters. The first-order valence-electron chi connectivity index (χ1n) is 29.4. The summed E-state index contributed by atoms with van der Waals surface area (Å²) < 4.78 is 5.38. The second kappa shape index (κ2) is 17.1. The molecule has 0 aliphatic rings. The Balaban J connectivity index is 1.25. The topological polar surface area (TPSA) is 8.82 Å². The predicted molar refractivity (Wildman–Crippen MR) is 350 cm³/mol. The van der Waals surface area contributed by atoms with E-state index in [1.165, 1.54) is 154 Å². The lowest BCUT2D eigenvalue weighted by Gasteiger charge is -2.26. The van der Waals surface area contributed by atoms with Crippen molar-refractivity contribution in [3.05, 3.63) is 191 Å². The molecule has 0 saturated carbocycles. The van der Waals surface area contributed by atoms with Crippen LogP contribution in [0.25, 0.3) is 121 Å². The maximum atomic E-state index is 2.69. The van der Waals surface area contributed by atoms with Gasteiger partial charge in [-0.2, -0.15) is 0 Å². The number of fused-ring (bicyclic) bond motifs is 14. The van der Waals surface area contributed by atoms with Gasteiger partial charge < -0.3 is 8.80 Å². The van der Waals surface area contributed by atoms with E-state index in [-0.39, 0.29) is 32.5 Å². The molecule has 0 aliphatic carbocycles. The second-order valence-corrected chi connectivity index (χ2v) is 30.0. The number of benzene rings is 9. The van der Waals surface area contributed by atoms with E-state index in [4.69, 9.17) is 0 Å². The van der Waals surface area contributed by atoms with E-state index < -0.39 is 0 Å². The highest BCUT2D eigenvalue weighted by Crippen LogP contribution is 2.55. The molecule has 4 aromatic heterocycles. The van der Waals surface area contributed by atoms with Crippen LogP contribution in [0.5, 0.6) is 0 Å². The van der Waals surface area contributed by atoms with E-state index in [0.29, 0.717) is 0 Å². The standard InChI is InChI=1S/C78H80N2/c1-73(2,3)51-31-25-45(26-32-51)47-29-35-63-61(41-47)67-65-59-23-19-22-58(50-39-55(77(13,14)15)44-56(40-50)78(16,17)18)70(59)80-64-36-30-48(46-27-33-52(34-28-46)74(4,5)6)42-62(64)68(72(65)80)66-60-24-20-21-57(69(60)79(63)71(66)67)49-37-53(75(7,8)9)43-54(38-49)76(10,11)12/h19-44H,1-18H3. The van der Waals surface area contributed by atoms with Crippen LogP contribution >= 0.6 is 0 Å². The van der Waals surface area contributed by atoms with Gasteiger partial charge in [0.1, 0.15) is 0 Å². The minimum atomic E-state index is -0.0366. The summed E-state index contributed by atoms with van der Waals surface area (Å²) in [6.45, 7) is 42.1. The Hall–Kier alpha value is -7.42. The molecular formula is C78H80N2. The summed E-state index contributed by atoms with van der Waals surface area (Å²) in [6, 6.07) is 62.5. The first-order valence-corrected chi connectivity index (χ1v) is 29.4. The molecule has 0 unspecified atom stereocenters. The largest absolute Gasteiger partial charge is 0.307 e. The molecule has 13 aromatic rings. The van der Waals surface area contributed by atoms with Crippen molar-refractivity contribution >= 4 is 76.2 Å². The van der Waals surface area contributed by atoms with E-state index in [0.717, 1.165) is 0 Å². The van der Waals surface area contributed by atoms with Gasteiger partial charge in [-0.3, -0.25) is 0 Å². The van der Waals surface area contributed by atoms with Gasteiger partial charge in [0.15, 0.2) is 0 Å². The van der Waals surface area contributed by atoms with Crippen molar-refractivity contribution in [3.63, 3.8) is 0 Å². The van der Waals surface area contributed by atoms with Crippen LogP contribution in [0.3, 0.4) is 0 Å². The first kappa shape index (κ1) is 52.0. The molecule has 13 rings (SSSR count). The fraction of sp³-hybridized carbons (Fsp3) is 0.308. The second-order valence-electron chi connectivity index (χ2n) is 30.0. The minimum absolute atomic E-state index is 0.0366. The Morgan fingerprint density at radius 2 is 0.512 bits per heavy atom. The maximum Gasteiger partial charge on any atom is 0.0634 e. The molecule has 2 heteroatoms. The van der Waals surface area contributed by atoms with Gasteiger partial charge in [-0.05, 0) is 124 Å². The summed E-state index contributed by atoms with van der Waals surface area (Å²) in [5.74, 6) is 0. The van der Waals surface area contributed by atoms with Crippen LogP contribution in [-0.4, -0.2) is 8.80 Å². The summed E-state index contributed by atoms with van der Waals surface area (Å²) in [6.07, 6.45) is 0. The zero-order valence-electron chi connectivity index (χ0n) is 50.9. The Kier molecular flexibility index (Phi) is 11.1. The van der Waals surface area contributed by atoms with Crippen LogP contribution in [-0.2, 0) is 32.5 Å². The molecule has 402 valence electrons. The van der Waals surface area contributed by atoms with E-state index in [1.54, 1.807) is 0 Å². The lowest BCUT2D eigenvalue weighted by atomic mass is 9.78. The van der Waals surface area contributed by atoms with Gasteiger partial charge in [0.05, 0.1) is 33.1 Å². The lowest BCUT2D eigenvalue weighted by Crippen LogP contribution is -2.16. The molecule has 0 bridgehead atoms. The van der Waals surface area contributed by atoms with Crippen molar-refractivity contribution in [2.75, 3.05) is 0 Å². The van der Waals surface area contributed by atoms with Gasteiger partial charge in [-0.1, -0.05) is 258 Å². The van der Waals surface area contributed by atoms with Gasteiger partial charge in [0.2, 0.25) is 0 Å². The lowest BCUT2D eigenvalue weighted by molar-refractivity contribution is 0.568. The Morgan fingerprint density at radius 1 is 0.225 bits per heavy atom. The van der Waals surface area contributed by atoms with Crippen molar-refractivity contribution in [3.8, 4) is 44.5 Å². The highest BCUT2D eigenvalue weighted by molar-refractivity contribution is 6.46. The first-order chi connectivity index (χ1) is 37.5. The molecule has 80 heavy (non-hydrogen) atoms. The zero-order valence-corrected chi connectivity index (χ0v) is 50.9. The van der Waals surface area contributed by atoms with E-state index in [2.05, 4.69) is 291 Å². The fourth-order valence-electron chi connectivity index (χ4n) is 13.2. The molecule has 4 heterocycles. The normalized spacial score (nSPS) is 13.6. The smallest absolute Gasteiger partial charge is 0.0634 e. The van der Waals surface area contributed by atoms with Crippen molar-refractivity contribution < 1.29 is 0 Å². The van der Waals surface area contributed by atoms with Crippen LogP contribution in [0, 0.1) is 0 Å². The van der Waals surface area contributed by atoms with E-state index in [1.807, 2.05) is 0 Å². The highest BCUT2D eigenvalue weighted by atomic mass is 14.9. The van der Waals surface area contributed by atoms with Crippen LogP contribution in [0.4, 0.5) is 0 Å². The van der Waals surface area contributed by atoms with Gasteiger partial charge in [-0.15, -0.1) is 0 Å². The molecule has 0 aliphatic heterocycles. The number of nitrogens with zero attached hydrogens (tertiary/aromatic N) is 2. The van der Waals surface area contributed by atoms with Crippen LogP contribution in [0.1, 0.15) is 158 Å². The molecular weight excluding hydrogens is 965 g/mol.